The molecule has 2 unspecified atom stereocenters. The lowest BCUT2D eigenvalue weighted by atomic mass is 9.97. The second-order valence-electron chi connectivity index (χ2n) is 10.5. The Morgan fingerprint density at radius 3 is 2.16 bits per heavy atom. The summed E-state index contributed by atoms with van der Waals surface area (Å²) >= 11 is 0. The molecule has 2 fully saturated rings. The van der Waals surface area contributed by atoms with Gasteiger partial charge in [0.2, 0.25) is 17.6 Å². The van der Waals surface area contributed by atoms with Gasteiger partial charge in [-0.05, 0) is 37.0 Å². The zero-order chi connectivity index (χ0) is 31.4. The molecule has 1 aromatic heterocycles. The van der Waals surface area contributed by atoms with Crippen LogP contribution in [0.15, 0.2) is 30.3 Å². The van der Waals surface area contributed by atoms with E-state index < -0.39 is 48.2 Å². The number of aliphatic hydroxyl groups is 1. The van der Waals surface area contributed by atoms with Gasteiger partial charge in [0, 0.05) is 51.9 Å². The van der Waals surface area contributed by atoms with Gasteiger partial charge in [-0.2, -0.15) is 26.3 Å². The summed E-state index contributed by atoms with van der Waals surface area (Å²) in [5.41, 5.74) is 5.46. The lowest BCUT2D eigenvalue weighted by molar-refractivity contribution is -0.145. The number of carbonyl (C=O) groups is 2. The molecular formula is C27H33F6N7O3. The van der Waals surface area contributed by atoms with Crippen molar-refractivity contribution in [3.05, 3.63) is 47.3 Å². The molecule has 4 rings (SSSR count). The molecule has 0 saturated carbocycles. The lowest BCUT2D eigenvalue weighted by Gasteiger charge is -2.37. The predicted molar refractivity (Wildman–Crippen MR) is 144 cm³/mol. The number of halogens is 6. The maximum atomic E-state index is 13.8. The molecule has 0 bridgehead atoms. The number of hydrogen-bond donors (Lipinski definition) is 3. The van der Waals surface area contributed by atoms with E-state index in [4.69, 9.17) is 10.8 Å². The summed E-state index contributed by atoms with van der Waals surface area (Å²) < 4.78 is 79.6. The molecule has 2 aliphatic rings. The number of nitrogens with one attached hydrogen (secondary N) is 1. The topological polar surface area (TPSA) is 128 Å². The predicted octanol–water partition coefficient (Wildman–Crippen LogP) is 2.06. The summed E-state index contributed by atoms with van der Waals surface area (Å²) in [5, 5.41) is 11.9. The lowest BCUT2D eigenvalue weighted by Crippen LogP contribution is -2.54. The zero-order valence-electron chi connectivity index (χ0n) is 23.2. The average Bonchev–Trinajstić information content (AvgIpc) is 2.99. The Kier molecular flexibility index (Phi) is 10.00. The summed E-state index contributed by atoms with van der Waals surface area (Å²) in [6, 6.07) is 5.04. The van der Waals surface area contributed by atoms with Crippen molar-refractivity contribution >= 4 is 23.5 Å². The first-order chi connectivity index (χ1) is 20.3. The van der Waals surface area contributed by atoms with Crippen LogP contribution in [0, 0.1) is 5.92 Å². The van der Waals surface area contributed by atoms with Crippen LogP contribution in [0.2, 0.25) is 0 Å². The van der Waals surface area contributed by atoms with Crippen LogP contribution in [-0.4, -0.2) is 90.3 Å². The molecular weight excluding hydrogens is 584 g/mol. The SMILES string of the molecule is NC(CO)C(=O)N1CCN(c2cc(N3CCCC(C(=O)NCCc4ccc(C(F)(F)F)cc4)C3)nc(C(F)(F)F)n2)CC1. The molecule has 236 valence electrons. The minimum absolute atomic E-state index is 0.0281. The summed E-state index contributed by atoms with van der Waals surface area (Å²) in [4.78, 5) is 37.3. The second-order valence-corrected chi connectivity index (χ2v) is 10.5. The van der Waals surface area contributed by atoms with Crippen molar-refractivity contribution in [1.82, 2.24) is 20.2 Å². The number of anilines is 2. The highest BCUT2D eigenvalue weighted by Crippen LogP contribution is 2.32. The zero-order valence-corrected chi connectivity index (χ0v) is 23.2. The van der Waals surface area contributed by atoms with Gasteiger partial charge in [0.15, 0.2) is 0 Å². The monoisotopic (exact) mass is 617 g/mol. The number of aromatic nitrogens is 2. The molecule has 2 aromatic rings. The van der Waals surface area contributed by atoms with Crippen LogP contribution >= 0.6 is 0 Å². The van der Waals surface area contributed by atoms with Crippen molar-refractivity contribution in [2.24, 2.45) is 11.7 Å². The number of hydrogen-bond acceptors (Lipinski definition) is 8. The van der Waals surface area contributed by atoms with E-state index in [2.05, 4.69) is 15.3 Å². The Labute approximate surface area is 243 Å². The fourth-order valence-electron chi connectivity index (χ4n) is 5.08. The Bertz CT molecular complexity index is 1270. The molecule has 2 amide bonds. The van der Waals surface area contributed by atoms with E-state index in [-0.39, 0.29) is 56.8 Å². The van der Waals surface area contributed by atoms with Gasteiger partial charge < -0.3 is 30.9 Å². The standard InChI is InChI=1S/C27H33F6N7O3/c28-26(29,30)19-5-3-17(4-6-19)7-8-35-23(42)18-2-1-9-40(15-18)22-14-21(36-25(37-22)27(31,32)33)38-10-12-39(13-11-38)24(43)20(34)16-41/h3-6,14,18,20,41H,1-2,7-13,15-16,34H2,(H,35,42). The highest BCUT2D eigenvalue weighted by Gasteiger charge is 2.38. The van der Waals surface area contributed by atoms with Crippen molar-refractivity contribution < 1.29 is 41.0 Å². The maximum Gasteiger partial charge on any atom is 0.451 e. The number of amides is 2. The third-order valence-electron chi connectivity index (χ3n) is 7.49. The molecule has 43 heavy (non-hydrogen) atoms. The van der Waals surface area contributed by atoms with Crippen LogP contribution in [0.4, 0.5) is 38.0 Å². The van der Waals surface area contributed by atoms with Gasteiger partial charge in [-0.25, -0.2) is 9.97 Å². The normalized spacial score (nSPS) is 18.9. The van der Waals surface area contributed by atoms with Crippen LogP contribution in [0.3, 0.4) is 0 Å². The first kappa shape index (κ1) is 32.3. The number of nitrogens with two attached hydrogens (primary N) is 1. The third kappa shape index (κ3) is 8.25. The van der Waals surface area contributed by atoms with Gasteiger partial charge in [-0.1, -0.05) is 12.1 Å². The first-order valence-electron chi connectivity index (χ1n) is 13.8. The number of piperidine rings is 1. The van der Waals surface area contributed by atoms with E-state index in [0.29, 0.717) is 31.4 Å². The molecule has 2 aliphatic heterocycles. The van der Waals surface area contributed by atoms with Gasteiger partial charge in [-0.15, -0.1) is 0 Å². The van der Waals surface area contributed by atoms with E-state index in [0.717, 1.165) is 12.1 Å². The van der Waals surface area contributed by atoms with Crippen LogP contribution in [0.5, 0.6) is 0 Å². The van der Waals surface area contributed by atoms with Gasteiger partial charge in [0.25, 0.3) is 0 Å². The smallest absolute Gasteiger partial charge is 0.394 e. The number of aliphatic hydroxyl groups excluding tert-OH is 1. The number of piperazine rings is 1. The fourth-order valence-corrected chi connectivity index (χ4v) is 5.08. The van der Waals surface area contributed by atoms with E-state index in [1.165, 1.54) is 23.1 Å². The van der Waals surface area contributed by atoms with Crippen molar-refractivity contribution in [3.63, 3.8) is 0 Å². The number of alkyl halides is 6. The Morgan fingerprint density at radius 1 is 0.953 bits per heavy atom. The van der Waals surface area contributed by atoms with E-state index in [1.807, 2.05) is 0 Å². The molecule has 0 spiro atoms. The van der Waals surface area contributed by atoms with Crippen LogP contribution < -0.4 is 20.9 Å². The molecule has 0 aliphatic carbocycles. The minimum Gasteiger partial charge on any atom is -0.394 e. The average molecular weight is 618 g/mol. The van der Waals surface area contributed by atoms with Crippen molar-refractivity contribution in [2.45, 2.75) is 37.7 Å². The van der Waals surface area contributed by atoms with Gasteiger partial charge >= 0.3 is 12.4 Å². The van der Waals surface area contributed by atoms with Gasteiger partial charge in [0.05, 0.1) is 18.1 Å². The number of nitrogens with zero attached hydrogens (tertiary/aromatic N) is 5. The van der Waals surface area contributed by atoms with Crippen molar-refractivity contribution in [1.29, 1.82) is 0 Å². The fraction of sp³-hybridized carbons (Fsp3) is 0.556. The van der Waals surface area contributed by atoms with E-state index >= 15 is 0 Å². The van der Waals surface area contributed by atoms with Gasteiger partial charge in [0.1, 0.15) is 17.7 Å². The largest absolute Gasteiger partial charge is 0.451 e. The Morgan fingerprint density at radius 2 is 1.58 bits per heavy atom. The molecule has 1 aromatic carbocycles. The number of rotatable bonds is 8. The molecule has 0 radical (unpaired) electrons. The molecule has 10 nitrogen and oxygen atoms in total. The molecule has 2 saturated heterocycles. The molecule has 16 heteroatoms. The van der Waals surface area contributed by atoms with Crippen molar-refractivity contribution in [2.75, 3.05) is 62.2 Å². The quantitative estimate of drug-likeness (QED) is 0.385. The molecule has 4 N–H and O–H groups in total. The Hall–Kier alpha value is -3.66. The Balaban J connectivity index is 1.39. The molecule has 2 atom stereocenters. The van der Waals surface area contributed by atoms with Crippen LogP contribution in [0.25, 0.3) is 0 Å². The minimum atomic E-state index is -4.82. The number of benzene rings is 1. The maximum absolute atomic E-state index is 13.8. The van der Waals surface area contributed by atoms with Crippen LogP contribution in [-0.2, 0) is 28.4 Å². The second kappa shape index (κ2) is 13.3. The molecule has 3 heterocycles. The summed E-state index contributed by atoms with van der Waals surface area (Å²) in [5.74, 6) is -2.52. The highest BCUT2D eigenvalue weighted by atomic mass is 19.4. The van der Waals surface area contributed by atoms with E-state index in [9.17, 15) is 35.9 Å². The van der Waals surface area contributed by atoms with Gasteiger partial charge in [-0.3, -0.25) is 9.59 Å². The van der Waals surface area contributed by atoms with E-state index in [1.54, 1.807) is 9.80 Å². The highest BCUT2D eigenvalue weighted by molar-refractivity contribution is 5.82. The first-order valence-corrected chi connectivity index (χ1v) is 13.8. The third-order valence-corrected chi connectivity index (χ3v) is 7.49. The van der Waals surface area contributed by atoms with Crippen LogP contribution in [0.1, 0.15) is 29.8 Å². The summed E-state index contributed by atoms with van der Waals surface area (Å²) in [6.07, 6.45) is -7.89. The summed E-state index contributed by atoms with van der Waals surface area (Å²) in [7, 11) is 0. The number of carbonyl (C=O) groups excluding carboxylic acids is 2. The summed E-state index contributed by atoms with van der Waals surface area (Å²) in [6.45, 7) is 0.942. The van der Waals surface area contributed by atoms with Crippen molar-refractivity contribution in [3.8, 4) is 0 Å².